The van der Waals surface area contributed by atoms with E-state index in [9.17, 15) is 4.79 Å². The molecule has 0 aromatic heterocycles. The van der Waals surface area contributed by atoms with Crippen molar-refractivity contribution in [1.82, 2.24) is 0 Å². The third kappa shape index (κ3) is 3.49. The molecule has 0 bridgehead atoms. The Labute approximate surface area is 105 Å². The zero-order valence-corrected chi connectivity index (χ0v) is 11.4. The van der Waals surface area contributed by atoms with Crippen molar-refractivity contribution in [2.45, 2.75) is 27.2 Å². The van der Waals surface area contributed by atoms with E-state index in [4.69, 9.17) is 0 Å². The highest BCUT2D eigenvalue weighted by molar-refractivity contribution is 9.10. The molecule has 1 aromatic rings. The zero-order valence-electron chi connectivity index (χ0n) is 9.80. The summed E-state index contributed by atoms with van der Waals surface area (Å²) < 4.78 is 1.05. The number of halogens is 1. The molecule has 0 atom stereocenters. The van der Waals surface area contributed by atoms with Crippen LogP contribution in [0.25, 0.3) is 0 Å². The second-order valence-electron chi connectivity index (χ2n) is 3.71. The normalized spacial score (nSPS) is 11.4. The van der Waals surface area contributed by atoms with Gasteiger partial charge in [0.15, 0.2) is 0 Å². The second-order valence-corrected chi connectivity index (χ2v) is 4.57. The lowest BCUT2D eigenvalue weighted by molar-refractivity contribution is -0.112. The Morgan fingerprint density at radius 1 is 1.50 bits per heavy atom. The van der Waals surface area contributed by atoms with Gasteiger partial charge in [-0.3, -0.25) is 4.79 Å². The molecule has 0 aliphatic carbocycles. The van der Waals surface area contributed by atoms with Crippen LogP contribution in [0.2, 0.25) is 0 Å². The summed E-state index contributed by atoms with van der Waals surface area (Å²) >= 11 is 3.43. The number of hydrogen-bond donors (Lipinski definition) is 1. The minimum Gasteiger partial charge on any atom is -0.322 e. The number of rotatable bonds is 3. The van der Waals surface area contributed by atoms with Gasteiger partial charge in [-0.15, -0.1) is 0 Å². The summed E-state index contributed by atoms with van der Waals surface area (Å²) in [4.78, 5) is 11.7. The Balaban J connectivity index is 2.77. The first kappa shape index (κ1) is 13.0. The topological polar surface area (TPSA) is 29.1 Å². The van der Waals surface area contributed by atoms with Crippen molar-refractivity contribution in [3.05, 3.63) is 39.9 Å². The molecule has 16 heavy (non-hydrogen) atoms. The maximum atomic E-state index is 11.7. The van der Waals surface area contributed by atoms with E-state index < -0.39 is 0 Å². The predicted octanol–water partition coefficient (Wildman–Crippen LogP) is 4.05. The lowest BCUT2D eigenvalue weighted by Gasteiger charge is -2.07. The van der Waals surface area contributed by atoms with E-state index in [1.807, 2.05) is 45.0 Å². The van der Waals surface area contributed by atoms with Crippen molar-refractivity contribution in [2.75, 3.05) is 5.32 Å². The van der Waals surface area contributed by atoms with Crippen LogP contribution in [-0.4, -0.2) is 5.91 Å². The smallest absolute Gasteiger partial charge is 0.250 e. The van der Waals surface area contributed by atoms with E-state index >= 15 is 0 Å². The summed E-state index contributed by atoms with van der Waals surface area (Å²) in [7, 11) is 0. The van der Waals surface area contributed by atoms with E-state index in [0.717, 1.165) is 27.7 Å². The minimum absolute atomic E-state index is 0.0384. The first-order valence-electron chi connectivity index (χ1n) is 5.29. The number of benzene rings is 1. The molecule has 0 saturated carbocycles. The number of carbonyl (C=O) groups excluding carboxylic acids is 1. The summed E-state index contributed by atoms with van der Waals surface area (Å²) in [6.45, 7) is 5.83. The van der Waals surface area contributed by atoms with Crippen molar-refractivity contribution >= 4 is 27.5 Å². The highest BCUT2D eigenvalue weighted by atomic mass is 79.9. The fourth-order valence-electron chi connectivity index (χ4n) is 1.35. The third-order valence-corrected chi connectivity index (χ3v) is 3.17. The molecule has 0 aliphatic heterocycles. The van der Waals surface area contributed by atoms with Gasteiger partial charge in [-0.05, 0) is 44.0 Å². The molecule has 1 rings (SSSR count). The van der Waals surface area contributed by atoms with Crippen LogP contribution in [0.15, 0.2) is 34.3 Å². The number of carbonyl (C=O) groups is 1. The molecule has 1 aromatic carbocycles. The number of hydrogen-bond acceptors (Lipinski definition) is 1. The number of amides is 1. The van der Waals surface area contributed by atoms with Gasteiger partial charge < -0.3 is 5.32 Å². The Hall–Kier alpha value is -1.09. The van der Waals surface area contributed by atoms with Crippen molar-refractivity contribution in [3.8, 4) is 0 Å². The van der Waals surface area contributed by atoms with Gasteiger partial charge in [-0.25, -0.2) is 0 Å². The summed E-state index contributed by atoms with van der Waals surface area (Å²) in [6, 6.07) is 5.76. The fourth-order valence-corrected chi connectivity index (χ4v) is 1.60. The Morgan fingerprint density at radius 2 is 2.19 bits per heavy atom. The van der Waals surface area contributed by atoms with E-state index in [-0.39, 0.29) is 5.91 Å². The molecule has 2 nitrogen and oxygen atoms in total. The van der Waals surface area contributed by atoms with Gasteiger partial charge in [0.1, 0.15) is 0 Å². The van der Waals surface area contributed by atoms with Crippen molar-refractivity contribution in [2.24, 2.45) is 0 Å². The molecule has 0 aliphatic rings. The molecule has 0 spiro atoms. The molecule has 0 saturated heterocycles. The Bertz CT molecular complexity index is 424. The molecule has 1 N–H and O–H groups in total. The Kier molecular flexibility index (Phi) is 4.74. The Morgan fingerprint density at radius 3 is 2.75 bits per heavy atom. The van der Waals surface area contributed by atoms with Crippen LogP contribution in [0.1, 0.15) is 25.8 Å². The summed E-state index contributed by atoms with van der Waals surface area (Å²) in [6.07, 6.45) is 2.79. The van der Waals surface area contributed by atoms with Gasteiger partial charge in [0.05, 0.1) is 0 Å². The molecule has 0 heterocycles. The predicted molar refractivity (Wildman–Crippen MR) is 71.6 cm³/mol. The van der Waals surface area contributed by atoms with Gasteiger partial charge in [-0.1, -0.05) is 28.9 Å². The number of allylic oxidation sites excluding steroid dienone is 1. The van der Waals surface area contributed by atoms with Crippen molar-refractivity contribution in [3.63, 3.8) is 0 Å². The summed E-state index contributed by atoms with van der Waals surface area (Å²) in [5.74, 6) is -0.0384. The van der Waals surface area contributed by atoms with Gasteiger partial charge >= 0.3 is 0 Å². The van der Waals surface area contributed by atoms with Crippen LogP contribution in [0, 0.1) is 6.92 Å². The minimum atomic E-state index is -0.0384. The monoisotopic (exact) mass is 281 g/mol. The van der Waals surface area contributed by atoms with Gasteiger partial charge in [-0.2, -0.15) is 0 Å². The van der Waals surface area contributed by atoms with Crippen molar-refractivity contribution < 1.29 is 4.79 Å². The highest BCUT2D eigenvalue weighted by Crippen LogP contribution is 2.20. The summed E-state index contributed by atoms with van der Waals surface area (Å²) in [5.41, 5.74) is 2.69. The number of anilines is 1. The average Bonchev–Trinajstić information content (AvgIpc) is 2.24. The van der Waals surface area contributed by atoms with Crippen LogP contribution in [0.3, 0.4) is 0 Å². The molecule has 3 heteroatoms. The lowest BCUT2D eigenvalue weighted by atomic mass is 10.2. The van der Waals surface area contributed by atoms with Gasteiger partial charge in [0.25, 0.3) is 5.91 Å². The lowest BCUT2D eigenvalue weighted by Crippen LogP contribution is -2.12. The fraction of sp³-hybridized carbons (Fsp3) is 0.308. The van der Waals surface area contributed by atoms with Crippen molar-refractivity contribution in [1.29, 1.82) is 0 Å². The standard InChI is InChI=1S/C13H16BrNO/c1-4-5-9(2)13(16)15-11-6-7-12(14)10(3)8-11/h5-8H,4H2,1-3H3,(H,15,16). The SMILES string of the molecule is CCC=C(C)C(=O)Nc1ccc(Br)c(C)c1. The third-order valence-electron chi connectivity index (χ3n) is 2.28. The molecule has 0 unspecified atom stereocenters. The number of aryl methyl sites for hydroxylation is 1. The maximum absolute atomic E-state index is 11.7. The molecule has 0 fully saturated rings. The molecular weight excluding hydrogens is 266 g/mol. The van der Waals surface area contributed by atoms with Crippen LogP contribution in [-0.2, 0) is 4.79 Å². The first-order chi connectivity index (χ1) is 7.54. The van der Waals surface area contributed by atoms with Crippen LogP contribution >= 0.6 is 15.9 Å². The molecule has 1 amide bonds. The van der Waals surface area contributed by atoms with E-state index in [1.54, 1.807) is 0 Å². The average molecular weight is 282 g/mol. The number of nitrogens with one attached hydrogen (secondary N) is 1. The summed E-state index contributed by atoms with van der Waals surface area (Å²) in [5, 5.41) is 2.87. The van der Waals surface area contributed by atoms with E-state index in [0.29, 0.717) is 0 Å². The quantitative estimate of drug-likeness (QED) is 0.832. The van der Waals surface area contributed by atoms with E-state index in [1.165, 1.54) is 0 Å². The van der Waals surface area contributed by atoms with Crippen LogP contribution < -0.4 is 5.32 Å². The largest absolute Gasteiger partial charge is 0.322 e. The zero-order chi connectivity index (χ0) is 12.1. The van der Waals surface area contributed by atoms with E-state index in [2.05, 4.69) is 21.2 Å². The molecule has 86 valence electrons. The molecule has 0 radical (unpaired) electrons. The van der Waals surface area contributed by atoms with Crippen LogP contribution in [0.5, 0.6) is 0 Å². The van der Waals surface area contributed by atoms with Gasteiger partial charge in [0, 0.05) is 15.7 Å². The van der Waals surface area contributed by atoms with Crippen LogP contribution in [0.4, 0.5) is 5.69 Å². The first-order valence-corrected chi connectivity index (χ1v) is 6.08. The van der Waals surface area contributed by atoms with Gasteiger partial charge in [0.2, 0.25) is 0 Å². The second kappa shape index (κ2) is 5.85. The highest BCUT2D eigenvalue weighted by Gasteiger charge is 2.04. The molecular formula is C13H16BrNO. The maximum Gasteiger partial charge on any atom is 0.250 e.